The van der Waals surface area contributed by atoms with Crippen molar-refractivity contribution in [3.8, 4) is 0 Å². The van der Waals surface area contributed by atoms with Crippen LogP contribution >= 0.6 is 0 Å². The van der Waals surface area contributed by atoms with Crippen LogP contribution in [0, 0.1) is 0 Å². The van der Waals surface area contributed by atoms with Crippen molar-refractivity contribution in [1.82, 2.24) is 0 Å². The molecule has 0 unspecified atom stereocenters. The zero-order valence-corrected chi connectivity index (χ0v) is 18.5. The number of carbonyl (C=O) groups is 1. The van der Waals surface area contributed by atoms with E-state index in [0.29, 0.717) is 0 Å². The zero-order chi connectivity index (χ0) is 22.4. The van der Waals surface area contributed by atoms with E-state index in [1.165, 1.54) is 0 Å². The second kappa shape index (κ2) is 8.63. The molecule has 0 spiro atoms. The van der Waals surface area contributed by atoms with E-state index in [4.69, 9.17) is 4.99 Å². The summed E-state index contributed by atoms with van der Waals surface area (Å²) in [5, 5.41) is 9.22. The number of nitrogens with zero attached hydrogens (tertiary/aromatic N) is 4. The van der Waals surface area contributed by atoms with Gasteiger partial charge in [0.1, 0.15) is 0 Å². The van der Waals surface area contributed by atoms with Crippen molar-refractivity contribution in [3.63, 3.8) is 0 Å². The standard InChI is InChI=1S/C27H16N4O2.Cu/c32-27(33)17-3-1-16(2-4-17)25-14-24-13-22-8-7-20(29-22)11-18-5-6-19(28-18)12-21-9-10-23(30-21)15-26(25)31-24;/h1-15H,(H,32,33);. The Morgan fingerprint density at radius 2 is 1.09 bits per heavy atom. The molecule has 34 heavy (non-hydrogen) atoms. The molecule has 1 N–H and O–H groups in total. The molecule has 8 bridgehead atoms. The van der Waals surface area contributed by atoms with Crippen molar-refractivity contribution in [2.45, 2.75) is 0 Å². The van der Waals surface area contributed by atoms with E-state index >= 15 is 0 Å². The summed E-state index contributed by atoms with van der Waals surface area (Å²) in [5.74, 6) is -0.952. The number of benzene rings is 1. The molecule has 0 saturated heterocycles. The quantitative estimate of drug-likeness (QED) is 0.602. The van der Waals surface area contributed by atoms with Crippen molar-refractivity contribution >= 4 is 34.4 Å². The summed E-state index contributed by atoms with van der Waals surface area (Å²) in [5.41, 5.74) is 8.46. The number of fused-ring (bicyclic) bond motifs is 4. The Morgan fingerprint density at radius 3 is 1.62 bits per heavy atom. The van der Waals surface area contributed by atoms with Gasteiger partial charge in [0.15, 0.2) is 0 Å². The largest absolute Gasteiger partial charge is 0.478 e. The molecule has 6 rings (SSSR count). The first-order chi connectivity index (χ1) is 16.1. The van der Waals surface area contributed by atoms with Gasteiger partial charge in [-0.25, -0.2) is 24.8 Å². The number of carboxylic acid groups (broad SMARTS) is 1. The van der Waals surface area contributed by atoms with Gasteiger partial charge in [-0.15, -0.1) is 0 Å². The Morgan fingerprint density at radius 1 is 0.588 bits per heavy atom. The normalized spacial score (nSPS) is 19.2. The maximum atomic E-state index is 11.2. The van der Waals surface area contributed by atoms with Crippen molar-refractivity contribution in [2.75, 3.05) is 0 Å². The van der Waals surface area contributed by atoms with Crippen LogP contribution in [0.5, 0.6) is 0 Å². The van der Waals surface area contributed by atoms with Crippen LogP contribution in [-0.2, 0) is 17.1 Å². The minimum atomic E-state index is -0.952. The number of carboxylic acids is 1. The molecule has 0 aliphatic carbocycles. The first-order valence-corrected chi connectivity index (χ1v) is 10.4. The smallest absolute Gasteiger partial charge is 0.335 e. The molecule has 0 saturated carbocycles. The Labute approximate surface area is 206 Å². The molecule has 5 aliphatic rings. The van der Waals surface area contributed by atoms with Crippen LogP contribution in [0.25, 0.3) is 5.57 Å². The molecular formula is C27H16CuN4O2. The molecule has 5 heterocycles. The van der Waals surface area contributed by atoms with Crippen LogP contribution in [0.2, 0.25) is 0 Å². The van der Waals surface area contributed by atoms with Crippen LogP contribution in [0.4, 0.5) is 0 Å². The summed E-state index contributed by atoms with van der Waals surface area (Å²) in [4.78, 5) is 30.0. The maximum absolute atomic E-state index is 11.2. The Kier molecular flexibility index (Phi) is 5.49. The summed E-state index contributed by atoms with van der Waals surface area (Å²) in [7, 11) is 0. The predicted octanol–water partition coefficient (Wildman–Crippen LogP) is 4.80. The van der Waals surface area contributed by atoms with Gasteiger partial charge in [-0.1, -0.05) is 12.1 Å². The van der Waals surface area contributed by atoms with Crippen LogP contribution in [0.1, 0.15) is 15.9 Å². The second-order valence-corrected chi connectivity index (χ2v) is 7.82. The van der Waals surface area contributed by atoms with Crippen molar-refractivity contribution < 1.29 is 27.0 Å². The van der Waals surface area contributed by atoms with Crippen molar-refractivity contribution in [1.29, 1.82) is 0 Å². The summed E-state index contributed by atoms with van der Waals surface area (Å²) >= 11 is 0. The van der Waals surface area contributed by atoms with Gasteiger partial charge in [0.05, 0.1) is 51.2 Å². The SMILES string of the molecule is O=C(O)c1ccc(C2=CC3=CC4=NC(=CC5=NC(=CC6=NC(=CC2=N3)C=C6)C=C5)C=C4)cc1.[Cu]. The molecule has 1 aromatic rings. The van der Waals surface area contributed by atoms with Gasteiger partial charge in [0, 0.05) is 22.6 Å². The molecule has 0 atom stereocenters. The Hall–Kier alpha value is -4.19. The summed E-state index contributed by atoms with van der Waals surface area (Å²) in [6.07, 6.45) is 21.4. The number of rotatable bonds is 2. The van der Waals surface area contributed by atoms with Gasteiger partial charge >= 0.3 is 5.97 Å². The van der Waals surface area contributed by atoms with Crippen molar-refractivity contribution in [3.05, 3.63) is 125 Å². The minimum absolute atomic E-state index is 0. The van der Waals surface area contributed by atoms with E-state index < -0.39 is 5.97 Å². The fraction of sp³-hybridized carbons (Fsp3) is 0. The third-order valence-corrected chi connectivity index (χ3v) is 5.48. The molecular weight excluding hydrogens is 476 g/mol. The third-order valence-electron chi connectivity index (χ3n) is 5.48. The monoisotopic (exact) mass is 491 g/mol. The van der Waals surface area contributed by atoms with E-state index in [-0.39, 0.29) is 22.6 Å². The molecule has 5 aliphatic heterocycles. The van der Waals surface area contributed by atoms with Gasteiger partial charge in [-0.05, 0) is 84.5 Å². The predicted molar refractivity (Wildman–Crippen MR) is 131 cm³/mol. The van der Waals surface area contributed by atoms with E-state index in [0.717, 1.165) is 56.8 Å². The number of aromatic carboxylic acids is 1. The average molecular weight is 492 g/mol. The van der Waals surface area contributed by atoms with Gasteiger partial charge < -0.3 is 5.11 Å². The fourth-order valence-electron chi connectivity index (χ4n) is 3.92. The molecule has 1 radical (unpaired) electrons. The van der Waals surface area contributed by atoms with Gasteiger partial charge in [0.2, 0.25) is 0 Å². The Balaban J connectivity index is 0.00000241. The van der Waals surface area contributed by atoms with Crippen LogP contribution in [0.3, 0.4) is 0 Å². The van der Waals surface area contributed by atoms with Crippen LogP contribution in [0.15, 0.2) is 134 Å². The minimum Gasteiger partial charge on any atom is -0.478 e. The van der Waals surface area contributed by atoms with Gasteiger partial charge in [-0.2, -0.15) is 0 Å². The second-order valence-electron chi connectivity index (χ2n) is 7.82. The number of hydrogen-bond acceptors (Lipinski definition) is 5. The van der Waals surface area contributed by atoms with Gasteiger partial charge in [-0.3, -0.25) is 0 Å². The number of aliphatic imine (C=N–C) groups is 4. The Bertz CT molecular complexity index is 1500. The first kappa shape index (κ1) is 21.6. The van der Waals surface area contributed by atoms with E-state index in [2.05, 4.69) is 15.0 Å². The molecule has 167 valence electrons. The van der Waals surface area contributed by atoms with E-state index in [9.17, 15) is 9.90 Å². The summed E-state index contributed by atoms with van der Waals surface area (Å²) in [6, 6.07) is 6.80. The molecule has 0 amide bonds. The number of hydrogen-bond donors (Lipinski definition) is 1. The van der Waals surface area contributed by atoms with E-state index in [1.807, 2.05) is 66.8 Å². The van der Waals surface area contributed by atoms with Crippen LogP contribution < -0.4 is 0 Å². The molecule has 0 aromatic heterocycles. The van der Waals surface area contributed by atoms with E-state index in [1.54, 1.807) is 24.3 Å². The topological polar surface area (TPSA) is 86.7 Å². The zero-order valence-electron chi connectivity index (χ0n) is 17.6. The molecule has 1 aromatic carbocycles. The molecule has 6 nitrogen and oxygen atoms in total. The number of allylic oxidation sites excluding steroid dienone is 12. The van der Waals surface area contributed by atoms with Crippen molar-refractivity contribution in [2.24, 2.45) is 20.0 Å². The fourth-order valence-corrected chi connectivity index (χ4v) is 3.92. The summed E-state index contributed by atoms with van der Waals surface area (Å²) in [6.45, 7) is 0. The molecule has 0 fully saturated rings. The van der Waals surface area contributed by atoms with Crippen LogP contribution in [-0.4, -0.2) is 33.9 Å². The van der Waals surface area contributed by atoms with Gasteiger partial charge in [0.25, 0.3) is 0 Å². The first-order valence-electron chi connectivity index (χ1n) is 10.4. The molecule has 7 heteroatoms. The third kappa shape index (κ3) is 4.22. The average Bonchev–Trinajstić information content (AvgIpc) is 3.59. The summed E-state index contributed by atoms with van der Waals surface area (Å²) < 4.78 is 0. The maximum Gasteiger partial charge on any atom is 0.335 e.